The molecule has 2 saturated heterocycles. The van der Waals surface area contributed by atoms with Crippen molar-refractivity contribution in [1.82, 2.24) is 9.80 Å². The summed E-state index contributed by atoms with van der Waals surface area (Å²) in [6, 6.07) is 12.6. The summed E-state index contributed by atoms with van der Waals surface area (Å²) in [6.07, 6.45) is 0. The van der Waals surface area contributed by atoms with Gasteiger partial charge in [-0.15, -0.1) is 0 Å². The summed E-state index contributed by atoms with van der Waals surface area (Å²) in [5.74, 6) is -0.743. The molecule has 2 heterocycles. The maximum Gasteiger partial charge on any atom is 0.295 e. The third-order valence-electron chi connectivity index (χ3n) is 7.08. The number of aryl methyl sites for hydroxylation is 1. The number of morpholine rings is 1. The molecule has 1 amide bonds. The molecule has 0 saturated carbocycles. The van der Waals surface area contributed by atoms with Crippen molar-refractivity contribution < 1.29 is 24.2 Å². The second kappa shape index (κ2) is 10.4. The monoisotopic (exact) mass is 492 g/mol. The molecule has 7 heteroatoms. The van der Waals surface area contributed by atoms with Crippen LogP contribution in [0.15, 0.2) is 48.0 Å². The first kappa shape index (κ1) is 25.9. The van der Waals surface area contributed by atoms with E-state index in [1.54, 1.807) is 30.2 Å². The van der Waals surface area contributed by atoms with Crippen LogP contribution in [-0.2, 0) is 19.7 Å². The van der Waals surface area contributed by atoms with E-state index in [0.29, 0.717) is 37.6 Å². The van der Waals surface area contributed by atoms with Crippen LogP contribution in [0.1, 0.15) is 49.1 Å². The molecule has 2 aromatic carbocycles. The number of Topliss-reactive ketones (excluding diaryl/α,β-unsaturated/α-hetero) is 1. The predicted octanol–water partition coefficient (Wildman–Crippen LogP) is 4.06. The number of ether oxygens (including phenoxy) is 2. The molecular weight excluding hydrogens is 456 g/mol. The van der Waals surface area contributed by atoms with Crippen LogP contribution in [0.5, 0.6) is 5.75 Å². The van der Waals surface area contributed by atoms with E-state index in [-0.39, 0.29) is 16.7 Å². The fraction of sp³-hybridized carbons (Fsp3) is 0.448. The number of methoxy groups -OCH3 is 1. The van der Waals surface area contributed by atoms with E-state index in [1.807, 2.05) is 31.2 Å². The van der Waals surface area contributed by atoms with Crippen molar-refractivity contribution in [3.63, 3.8) is 0 Å². The largest absolute Gasteiger partial charge is 0.507 e. The van der Waals surface area contributed by atoms with Gasteiger partial charge in [0, 0.05) is 31.7 Å². The van der Waals surface area contributed by atoms with Crippen molar-refractivity contribution in [2.75, 3.05) is 46.5 Å². The van der Waals surface area contributed by atoms with E-state index in [1.165, 1.54) is 0 Å². The third-order valence-corrected chi connectivity index (χ3v) is 7.08. The molecule has 2 fully saturated rings. The lowest BCUT2D eigenvalue weighted by Gasteiger charge is -2.31. The van der Waals surface area contributed by atoms with Gasteiger partial charge >= 0.3 is 0 Å². The standard InChI is InChI=1S/C29H36N2O5/c1-19-18-22(35-5)10-11-23(19)26(32)24-25(20-6-8-21(9-7-20)29(2,3)4)31(28(34)27(24)33)13-12-30-14-16-36-17-15-30/h6-11,18,25,32H,12-17H2,1-5H3/t25-/m1/s1. The second-order valence-corrected chi connectivity index (χ2v) is 10.5. The minimum atomic E-state index is -0.665. The van der Waals surface area contributed by atoms with Crippen LogP contribution >= 0.6 is 0 Å². The summed E-state index contributed by atoms with van der Waals surface area (Å²) in [5, 5.41) is 11.4. The lowest BCUT2D eigenvalue weighted by atomic mass is 9.85. The smallest absolute Gasteiger partial charge is 0.295 e. The van der Waals surface area contributed by atoms with Crippen molar-refractivity contribution in [2.24, 2.45) is 0 Å². The topological polar surface area (TPSA) is 79.3 Å². The average Bonchev–Trinajstić information content (AvgIpc) is 3.12. The molecule has 36 heavy (non-hydrogen) atoms. The van der Waals surface area contributed by atoms with Crippen molar-refractivity contribution in [3.05, 3.63) is 70.3 Å². The summed E-state index contributed by atoms with van der Waals surface area (Å²) in [4.78, 5) is 30.5. The highest BCUT2D eigenvalue weighted by molar-refractivity contribution is 6.46. The zero-order chi connectivity index (χ0) is 26.0. The van der Waals surface area contributed by atoms with Gasteiger partial charge < -0.3 is 19.5 Å². The Kier molecular flexibility index (Phi) is 7.52. The fourth-order valence-corrected chi connectivity index (χ4v) is 4.87. The van der Waals surface area contributed by atoms with Gasteiger partial charge in [-0.3, -0.25) is 14.5 Å². The Labute approximate surface area is 213 Å². The maximum absolute atomic E-state index is 13.4. The number of benzene rings is 2. The first-order valence-corrected chi connectivity index (χ1v) is 12.5. The van der Waals surface area contributed by atoms with Crippen molar-refractivity contribution in [3.8, 4) is 5.75 Å². The average molecular weight is 493 g/mol. The minimum Gasteiger partial charge on any atom is -0.507 e. The van der Waals surface area contributed by atoms with Gasteiger partial charge in [-0.25, -0.2) is 0 Å². The van der Waals surface area contributed by atoms with Crippen LogP contribution in [-0.4, -0.2) is 73.1 Å². The Hall–Kier alpha value is -3.16. The molecule has 4 rings (SSSR count). The zero-order valence-corrected chi connectivity index (χ0v) is 21.8. The van der Waals surface area contributed by atoms with Gasteiger partial charge in [-0.2, -0.15) is 0 Å². The van der Waals surface area contributed by atoms with Gasteiger partial charge in [0.2, 0.25) is 0 Å². The number of aliphatic hydroxyl groups is 1. The predicted molar refractivity (Wildman–Crippen MR) is 139 cm³/mol. The summed E-state index contributed by atoms with van der Waals surface area (Å²) in [5.41, 5.74) is 3.32. The number of carbonyl (C=O) groups is 2. The van der Waals surface area contributed by atoms with E-state index in [2.05, 4.69) is 25.7 Å². The molecule has 1 atom stereocenters. The summed E-state index contributed by atoms with van der Waals surface area (Å²) < 4.78 is 10.7. The normalized spacial score (nSPS) is 20.7. The molecule has 0 aliphatic carbocycles. The molecular formula is C29H36N2O5. The molecule has 0 radical (unpaired) electrons. The van der Waals surface area contributed by atoms with Gasteiger partial charge in [-0.05, 0) is 47.2 Å². The van der Waals surface area contributed by atoms with E-state index < -0.39 is 17.7 Å². The molecule has 7 nitrogen and oxygen atoms in total. The van der Waals surface area contributed by atoms with Crippen LogP contribution in [0.2, 0.25) is 0 Å². The number of amides is 1. The Balaban J connectivity index is 1.77. The molecule has 0 unspecified atom stereocenters. The van der Waals surface area contributed by atoms with E-state index in [0.717, 1.165) is 29.8 Å². The number of nitrogens with zero attached hydrogens (tertiary/aromatic N) is 2. The Morgan fingerprint density at radius 3 is 2.31 bits per heavy atom. The number of likely N-dealkylation sites (tertiary alicyclic amines) is 1. The minimum absolute atomic E-state index is 0.0309. The number of aliphatic hydroxyl groups excluding tert-OH is 1. The lowest BCUT2D eigenvalue weighted by molar-refractivity contribution is -0.140. The highest BCUT2D eigenvalue weighted by Crippen LogP contribution is 2.40. The van der Waals surface area contributed by atoms with Gasteiger partial charge in [0.05, 0.1) is 31.9 Å². The Morgan fingerprint density at radius 2 is 1.72 bits per heavy atom. The van der Waals surface area contributed by atoms with Crippen molar-refractivity contribution >= 4 is 17.4 Å². The molecule has 1 N–H and O–H groups in total. The number of carbonyl (C=O) groups excluding carboxylic acids is 2. The first-order chi connectivity index (χ1) is 17.1. The summed E-state index contributed by atoms with van der Waals surface area (Å²) in [6.45, 7) is 12.2. The molecule has 0 spiro atoms. The van der Waals surface area contributed by atoms with E-state index in [9.17, 15) is 14.7 Å². The second-order valence-electron chi connectivity index (χ2n) is 10.5. The van der Waals surface area contributed by atoms with E-state index >= 15 is 0 Å². The number of hydrogen-bond acceptors (Lipinski definition) is 6. The maximum atomic E-state index is 13.4. The van der Waals surface area contributed by atoms with E-state index in [4.69, 9.17) is 9.47 Å². The molecule has 2 aromatic rings. The van der Waals surface area contributed by atoms with Gasteiger partial charge in [0.1, 0.15) is 11.5 Å². The molecule has 0 bridgehead atoms. The van der Waals surface area contributed by atoms with Crippen LogP contribution in [0.25, 0.3) is 5.76 Å². The zero-order valence-electron chi connectivity index (χ0n) is 21.8. The number of ketones is 1. The number of rotatable bonds is 6. The van der Waals surface area contributed by atoms with Crippen molar-refractivity contribution in [2.45, 2.75) is 39.2 Å². The highest BCUT2D eigenvalue weighted by atomic mass is 16.5. The highest BCUT2D eigenvalue weighted by Gasteiger charge is 2.46. The SMILES string of the molecule is COc1ccc(C(O)=C2C(=O)C(=O)N(CCN3CCOCC3)[C@@H]2c2ccc(C(C)(C)C)cc2)c(C)c1. The summed E-state index contributed by atoms with van der Waals surface area (Å²) in [7, 11) is 1.58. The summed E-state index contributed by atoms with van der Waals surface area (Å²) >= 11 is 0. The van der Waals surface area contributed by atoms with Crippen LogP contribution in [0.4, 0.5) is 0 Å². The van der Waals surface area contributed by atoms with Crippen molar-refractivity contribution in [1.29, 1.82) is 0 Å². The van der Waals surface area contributed by atoms with Gasteiger partial charge in [-0.1, -0.05) is 45.0 Å². The van der Waals surface area contributed by atoms with Crippen LogP contribution in [0.3, 0.4) is 0 Å². The quantitative estimate of drug-likeness (QED) is 0.372. The third kappa shape index (κ3) is 5.18. The lowest BCUT2D eigenvalue weighted by Crippen LogP contribution is -2.42. The first-order valence-electron chi connectivity index (χ1n) is 12.5. The molecule has 192 valence electrons. The van der Waals surface area contributed by atoms with Crippen LogP contribution < -0.4 is 4.74 Å². The fourth-order valence-electron chi connectivity index (χ4n) is 4.87. The Morgan fingerprint density at radius 1 is 1.06 bits per heavy atom. The Bertz CT molecular complexity index is 1160. The van der Waals surface area contributed by atoms with Gasteiger partial charge in [0.15, 0.2) is 0 Å². The molecule has 2 aliphatic heterocycles. The van der Waals surface area contributed by atoms with Gasteiger partial charge in [0.25, 0.3) is 11.7 Å². The van der Waals surface area contributed by atoms with Crippen LogP contribution in [0, 0.1) is 6.92 Å². The molecule has 2 aliphatic rings. The number of hydrogen-bond donors (Lipinski definition) is 1. The molecule has 0 aromatic heterocycles.